The number of carbonyl (C=O) groups is 2. The van der Waals surface area contributed by atoms with E-state index in [1.807, 2.05) is 23.1 Å². The molecule has 0 unspecified atom stereocenters. The molecule has 1 aliphatic carbocycles. The molecule has 4 atom stereocenters. The highest BCUT2D eigenvalue weighted by Crippen LogP contribution is 2.35. The first kappa shape index (κ1) is 23.5. The van der Waals surface area contributed by atoms with E-state index >= 15 is 0 Å². The molecular formula is C28H31FN4O2. The molecule has 2 saturated heterocycles. The number of fused-ring (bicyclic) bond motifs is 2. The summed E-state index contributed by atoms with van der Waals surface area (Å²) in [6, 6.07) is 13.7. The van der Waals surface area contributed by atoms with Crippen molar-refractivity contribution in [2.24, 2.45) is 5.92 Å². The minimum absolute atomic E-state index is 0.0444. The van der Waals surface area contributed by atoms with Crippen molar-refractivity contribution >= 4 is 11.8 Å². The zero-order chi connectivity index (χ0) is 24.4. The fourth-order valence-electron chi connectivity index (χ4n) is 5.74. The van der Waals surface area contributed by atoms with E-state index in [4.69, 9.17) is 0 Å². The Labute approximate surface area is 205 Å². The van der Waals surface area contributed by atoms with Crippen LogP contribution in [-0.2, 0) is 11.2 Å². The van der Waals surface area contributed by atoms with Crippen LogP contribution in [-0.4, -0.2) is 47.9 Å². The number of piperidine rings is 2. The van der Waals surface area contributed by atoms with Crippen LogP contribution in [0.15, 0.2) is 42.5 Å². The smallest absolute Gasteiger partial charge is 0.253 e. The molecule has 182 valence electrons. The van der Waals surface area contributed by atoms with Gasteiger partial charge in [0, 0.05) is 31.1 Å². The van der Waals surface area contributed by atoms with Crippen molar-refractivity contribution in [2.45, 2.75) is 63.1 Å². The molecule has 2 amide bonds. The molecular weight excluding hydrogens is 443 g/mol. The highest BCUT2D eigenvalue weighted by atomic mass is 19.1. The third-order valence-electron chi connectivity index (χ3n) is 7.70. The zero-order valence-corrected chi connectivity index (χ0v) is 19.8. The average Bonchev–Trinajstić information content (AvgIpc) is 3.54. The number of hydrogen-bond donors (Lipinski definition) is 2. The van der Waals surface area contributed by atoms with Gasteiger partial charge >= 0.3 is 0 Å². The van der Waals surface area contributed by atoms with Gasteiger partial charge in [-0.2, -0.15) is 5.26 Å². The number of nitriles is 1. The number of amides is 2. The standard InChI is InChI=1S/C28H31FN4O2/c29-25-16-20(18-4-6-19(7-5-18)28(35)33-12-2-1-3-13-33)8-9-21(25)14-24(17-30)32-27(34)26-22-10-11-23(15-22)31-26/h4-9,16,22-24,26,31H,1-3,10-15H2,(H,32,34)/t22-,23+,24-,26-/m0/s1. The molecule has 2 N–H and O–H groups in total. The number of nitrogens with one attached hydrogen (secondary N) is 2. The van der Waals surface area contributed by atoms with E-state index < -0.39 is 11.9 Å². The summed E-state index contributed by atoms with van der Waals surface area (Å²) < 4.78 is 14.9. The maximum atomic E-state index is 14.9. The lowest BCUT2D eigenvalue weighted by Gasteiger charge is -2.26. The van der Waals surface area contributed by atoms with E-state index in [-0.39, 0.29) is 24.3 Å². The normalized spacial score (nSPS) is 24.1. The van der Waals surface area contributed by atoms with E-state index in [0.29, 0.717) is 28.7 Å². The highest BCUT2D eigenvalue weighted by molar-refractivity contribution is 5.94. The molecule has 0 spiro atoms. The number of hydrogen-bond acceptors (Lipinski definition) is 4. The van der Waals surface area contributed by atoms with Gasteiger partial charge in [-0.25, -0.2) is 4.39 Å². The van der Waals surface area contributed by atoms with Crippen LogP contribution in [0.1, 0.15) is 54.4 Å². The van der Waals surface area contributed by atoms with Crippen molar-refractivity contribution in [1.82, 2.24) is 15.5 Å². The van der Waals surface area contributed by atoms with Gasteiger partial charge in [0.15, 0.2) is 0 Å². The lowest BCUT2D eigenvalue weighted by Crippen LogP contribution is -2.50. The molecule has 3 aliphatic rings. The summed E-state index contributed by atoms with van der Waals surface area (Å²) in [5.74, 6) is -0.205. The predicted octanol–water partition coefficient (Wildman–Crippen LogP) is 3.81. The molecule has 2 aliphatic heterocycles. The average molecular weight is 475 g/mol. The first-order valence-electron chi connectivity index (χ1n) is 12.7. The molecule has 6 nitrogen and oxygen atoms in total. The second kappa shape index (κ2) is 10.2. The summed E-state index contributed by atoms with van der Waals surface area (Å²) in [5, 5.41) is 15.7. The van der Waals surface area contributed by atoms with Crippen LogP contribution in [0.3, 0.4) is 0 Å². The number of nitrogens with zero attached hydrogens (tertiary/aromatic N) is 2. The first-order valence-corrected chi connectivity index (χ1v) is 12.7. The quantitative estimate of drug-likeness (QED) is 0.667. The lowest BCUT2D eigenvalue weighted by atomic mass is 9.97. The molecule has 35 heavy (non-hydrogen) atoms. The molecule has 1 saturated carbocycles. The van der Waals surface area contributed by atoms with E-state index in [1.54, 1.807) is 18.2 Å². The summed E-state index contributed by atoms with van der Waals surface area (Å²) in [6.45, 7) is 1.60. The Bertz CT molecular complexity index is 1140. The van der Waals surface area contributed by atoms with Crippen molar-refractivity contribution in [1.29, 1.82) is 5.26 Å². The fraction of sp³-hybridized carbons (Fsp3) is 0.464. The van der Waals surface area contributed by atoms with Gasteiger partial charge in [0.1, 0.15) is 11.9 Å². The van der Waals surface area contributed by atoms with E-state index in [2.05, 4.69) is 16.7 Å². The van der Waals surface area contributed by atoms with Gasteiger partial charge in [0.25, 0.3) is 5.91 Å². The van der Waals surface area contributed by atoms with Crippen molar-refractivity contribution in [3.05, 3.63) is 59.4 Å². The van der Waals surface area contributed by atoms with Crippen LogP contribution in [0.4, 0.5) is 4.39 Å². The van der Waals surface area contributed by atoms with Crippen molar-refractivity contribution in [3.8, 4) is 17.2 Å². The summed E-state index contributed by atoms with van der Waals surface area (Å²) >= 11 is 0. The summed E-state index contributed by atoms with van der Waals surface area (Å²) in [4.78, 5) is 27.2. The van der Waals surface area contributed by atoms with Crippen LogP contribution in [0.2, 0.25) is 0 Å². The van der Waals surface area contributed by atoms with E-state index in [1.165, 1.54) is 12.5 Å². The Morgan fingerprint density at radius 2 is 1.83 bits per heavy atom. The maximum absolute atomic E-state index is 14.9. The molecule has 0 radical (unpaired) electrons. The van der Waals surface area contributed by atoms with Crippen molar-refractivity contribution < 1.29 is 14.0 Å². The molecule has 2 aromatic carbocycles. The number of rotatable bonds is 6. The van der Waals surface area contributed by atoms with Crippen LogP contribution < -0.4 is 10.6 Å². The number of likely N-dealkylation sites (tertiary alicyclic amines) is 1. The predicted molar refractivity (Wildman–Crippen MR) is 131 cm³/mol. The second-order valence-corrected chi connectivity index (χ2v) is 10.0. The summed E-state index contributed by atoms with van der Waals surface area (Å²) in [7, 11) is 0. The molecule has 2 bridgehead atoms. The number of benzene rings is 2. The monoisotopic (exact) mass is 474 g/mol. The Morgan fingerprint density at radius 1 is 1.09 bits per heavy atom. The summed E-state index contributed by atoms with van der Waals surface area (Å²) in [6.07, 6.45) is 6.53. The molecule has 3 fully saturated rings. The summed E-state index contributed by atoms with van der Waals surface area (Å²) in [5.41, 5.74) is 2.55. The van der Waals surface area contributed by atoms with Gasteiger partial charge in [0.2, 0.25) is 5.91 Å². The minimum Gasteiger partial charge on any atom is -0.339 e. The lowest BCUT2D eigenvalue weighted by molar-refractivity contribution is -0.124. The highest BCUT2D eigenvalue weighted by Gasteiger charge is 2.43. The van der Waals surface area contributed by atoms with Crippen LogP contribution in [0.25, 0.3) is 11.1 Å². The maximum Gasteiger partial charge on any atom is 0.253 e. The topological polar surface area (TPSA) is 85.2 Å². The van der Waals surface area contributed by atoms with Crippen molar-refractivity contribution in [3.63, 3.8) is 0 Å². The zero-order valence-electron chi connectivity index (χ0n) is 19.8. The largest absolute Gasteiger partial charge is 0.339 e. The van der Waals surface area contributed by atoms with Crippen molar-refractivity contribution in [2.75, 3.05) is 13.1 Å². The molecule has 2 heterocycles. The third-order valence-corrected chi connectivity index (χ3v) is 7.70. The van der Waals surface area contributed by atoms with Crippen LogP contribution in [0, 0.1) is 23.1 Å². The Balaban J connectivity index is 1.22. The van der Waals surface area contributed by atoms with Gasteiger partial charge in [0.05, 0.1) is 12.1 Å². The van der Waals surface area contributed by atoms with Crippen LogP contribution in [0.5, 0.6) is 0 Å². The first-order chi connectivity index (χ1) is 17.0. The van der Waals surface area contributed by atoms with Gasteiger partial charge in [-0.1, -0.05) is 24.3 Å². The number of carbonyl (C=O) groups excluding carboxylic acids is 2. The molecule has 0 aromatic heterocycles. The second-order valence-electron chi connectivity index (χ2n) is 10.0. The Hall–Kier alpha value is -3.24. The molecule has 7 heteroatoms. The van der Waals surface area contributed by atoms with E-state index in [0.717, 1.165) is 50.8 Å². The van der Waals surface area contributed by atoms with Gasteiger partial charge < -0.3 is 15.5 Å². The fourth-order valence-corrected chi connectivity index (χ4v) is 5.74. The van der Waals surface area contributed by atoms with Gasteiger partial charge in [-0.05, 0) is 79.3 Å². The minimum atomic E-state index is -0.788. The SMILES string of the molecule is N#C[C@H](Cc1ccc(-c2ccc(C(=O)N3CCCCC3)cc2)cc1F)NC(=O)[C@H]1N[C@@H]2CC[C@H]1C2. The number of halogens is 1. The Morgan fingerprint density at radius 3 is 2.46 bits per heavy atom. The van der Waals surface area contributed by atoms with E-state index in [9.17, 15) is 19.2 Å². The third kappa shape index (κ3) is 5.08. The van der Waals surface area contributed by atoms with Crippen LogP contribution >= 0.6 is 0 Å². The molecule has 5 rings (SSSR count). The Kier molecular flexibility index (Phi) is 6.83. The van der Waals surface area contributed by atoms with Gasteiger partial charge in [-0.3, -0.25) is 9.59 Å². The molecule has 2 aromatic rings. The van der Waals surface area contributed by atoms with Gasteiger partial charge in [-0.15, -0.1) is 0 Å².